The molecule has 1 aliphatic rings. The number of hydrogen-bond donors (Lipinski definition) is 1. The van der Waals surface area contributed by atoms with E-state index < -0.39 is 17.6 Å². The Morgan fingerprint density at radius 2 is 1.67 bits per heavy atom. The minimum atomic E-state index is -4.43. The minimum Gasteiger partial charge on any atom is -0.447 e. The molecule has 1 amide bonds. The summed E-state index contributed by atoms with van der Waals surface area (Å²) in [6.45, 7) is 4.90. The minimum absolute atomic E-state index is 0.0369. The first-order chi connectivity index (χ1) is 17.2. The molecule has 1 saturated heterocycles. The summed E-state index contributed by atoms with van der Waals surface area (Å²) in [6, 6.07) is 13.4. The lowest BCUT2D eigenvalue weighted by Gasteiger charge is -2.34. The maximum absolute atomic E-state index is 12.9. The zero-order chi connectivity index (χ0) is 25.7. The molecule has 2 aromatic carbocycles. The third kappa shape index (κ3) is 6.86. The van der Waals surface area contributed by atoms with E-state index in [-0.39, 0.29) is 12.2 Å². The topological polar surface area (TPSA) is 64.8 Å². The molecule has 0 saturated carbocycles. The highest BCUT2D eigenvalue weighted by Crippen LogP contribution is 2.29. The highest BCUT2D eigenvalue weighted by atomic mass is 19.4. The number of aromatic nitrogens is 1. The lowest BCUT2D eigenvalue weighted by molar-refractivity contribution is -0.137. The molecule has 0 aliphatic carbocycles. The number of anilines is 1. The van der Waals surface area contributed by atoms with Crippen molar-refractivity contribution in [2.24, 2.45) is 0 Å². The quantitative estimate of drug-likeness (QED) is 0.503. The van der Waals surface area contributed by atoms with Crippen LogP contribution in [0.4, 0.5) is 18.9 Å². The Morgan fingerprint density at radius 3 is 2.31 bits per heavy atom. The first-order valence-corrected chi connectivity index (χ1v) is 11.8. The second-order valence-electron chi connectivity index (χ2n) is 9.12. The van der Waals surface area contributed by atoms with Gasteiger partial charge in [0.15, 0.2) is 5.69 Å². The molecule has 0 atom stereocenters. The largest absolute Gasteiger partial charge is 0.447 e. The normalized spacial score (nSPS) is 15.1. The fourth-order valence-electron chi connectivity index (χ4n) is 4.07. The van der Waals surface area contributed by atoms with Crippen molar-refractivity contribution < 1.29 is 22.4 Å². The molecule has 1 fully saturated rings. The lowest BCUT2D eigenvalue weighted by Crippen LogP contribution is -2.45. The predicted octanol–water partition coefficient (Wildman–Crippen LogP) is 4.01. The molecular formula is C26H30F3N5O2. The Bertz CT molecular complexity index is 1150. The smallest absolute Gasteiger partial charge is 0.416 e. The first kappa shape index (κ1) is 25.7. The van der Waals surface area contributed by atoms with Crippen molar-refractivity contribution in [2.75, 3.05) is 45.2 Å². The molecule has 10 heteroatoms. The number of nitrogens with one attached hydrogen (secondary N) is 1. The summed E-state index contributed by atoms with van der Waals surface area (Å²) in [5, 5.41) is 2.60. The predicted molar refractivity (Wildman–Crippen MR) is 130 cm³/mol. The van der Waals surface area contributed by atoms with Crippen molar-refractivity contribution >= 4 is 11.6 Å². The Balaban J connectivity index is 1.22. The van der Waals surface area contributed by atoms with Crippen molar-refractivity contribution in [3.05, 3.63) is 83.1 Å². The molecule has 0 bridgehead atoms. The second-order valence-corrected chi connectivity index (χ2v) is 9.12. The number of carbonyl (C=O) groups is 1. The van der Waals surface area contributed by atoms with Crippen molar-refractivity contribution in [3.63, 3.8) is 0 Å². The number of rotatable bonds is 8. The molecule has 3 aromatic rings. The van der Waals surface area contributed by atoms with E-state index >= 15 is 0 Å². The van der Waals surface area contributed by atoms with Crippen LogP contribution in [0.25, 0.3) is 0 Å². The summed E-state index contributed by atoms with van der Waals surface area (Å²) < 4.78 is 44.1. The van der Waals surface area contributed by atoms with E-state index in [1.807, 2.05) is 14.1 Å². The molecule has 192 valence electrons. The number of benzene rings is 2. The molecule has 0 radical (unpaired) electrons. The standard InChI is InChI=1S/C26H30F3N5O2/c1-32(2)22-8-6-19(7-9-22)16-33-10-12-34(13-11-33)17-24-31-23(18-36-24)25(35)30-15-20-4-3-5-21(14-20)26(27,28)29/h3-9,14,18H,10-13,15-17H2,1-2H3,(H,30,35). The molecule has 1 N–H and O–H groups in total. The number of carbonyl (C=O) groups excluding carboxylic acids is 1. The number of halogens is 3. The van der Waals surface area contributed by atoms with E-state index in [0.717, 1.165) is 44.9 Å². The van der Waals surface area contributed by atoms with Gasteiger partial charge in [-0.2, -0.15) is 13.2 Å². The third-order valence-electron chi connectivity index (χ3n) is 6.17. The van der Waals surface area contributed by atoms with Crippen LogP contribution in [0.2, 0.25) is 0 Å². The van der Waals surface area contributed by atoms with E-state index in [9.17, 15) is 18.0 Å². The van der Waals surface area contributed by atoms with Crippen LogP contribution >= 0.6 is 0 Å². The van der Waals surface area contributed by atoms with Gasteiger partial charge in [0.1, 0.15) is 6.26 Å². The SMILES string of the molecule is CN(C)c1ccc(CN2CCN(Cc3nc(C(=O)NCc4cccc(C(F)(F)F)c4)co3)CC2)cc1. The Morgan fingerprint density at radius 1 is 1.00 bits per heavy atom. The van der Waals surface area contributed by atoms with Crippen molar-refractivity contribution in [2.45, 2.75) is 25.8 Å². The summed E-state index contributed by atoms with van der Waals surface area (Å²) in [6.07, 6.45) is -3.14. The second kappa shape index (κ2) is 11.1. The average Bonchev–Trinajstić information content (AvgIpc) is 3.32. The third-order valence-corrected chi connectivity index (χ3v) is 6.17. The van der Waals surface area contributed by atoms with Gasteiger partial charge >= 0.3 is 6.18 Å². The van der Waals surface area contributed by atoms with Crippen LogP contribution in [-0.2, 0) is 25.8 Å². The van der Waals surface area contributed by atoms with Gasteiger partial charge in [-0.15, -0.1) is 0 Å². The van der Waals surface area contributed by atoms with E-state index in [4.69, 9.17) is 4.42 Å². The summed E-state index contributed by atoms with van der Waals surface area (Å²) >= 11 is 0. The van der Waals surface area contributed by atoms with Crippen LogP contribution in [-0.4, -0.2) is 61.0 Å². The molecule has 1 aromatic heterocycles. The van der Waals surface area contributed by atoms with Gasteiger partial charge in [-0.1, -0.05) is 24.3 Å². The molecule has 4 rings (SSSR count). The molecule has 0 unspecified atom stereocenters. The molecular weight excluding hydrogens is 471 g/mol. The first-order valence-electron chi connectivity index (χ1n) is 11.8. The highest BCUT2D eigenvalue weighted by Gasteiger charge is 2.30. The highest BCUT2D eigenvalue weighted by molar-refractivity contribution is 5.91. The van der Waals surface area contributed by atoms with Gasteiger partial charge in [-0.25, -0.2) is 4.98 Å². The summed E-state index contributed by atoms with van der Waals surface area (Å²) in [7, 11) is 4.05. The van der Waals surface area contributed by atoms with Gasteiger partial charge in [-0.05, 0) is 35.4 Å². The lowest BCUT2D eigenvalue weighted by atomic mass is 10.1. The summed E-state index contributed by atoms with van der Waals surface area (Å²) in [4.78, 5) is 23.4. The number of alkyl halides is 3. The van der Waals surface area contributed by atoms with Crippen LogP contribution in [0.3, 0.4) is 0 Å². The number of hydrogen-bond acceptors (Lipinski definition) is 6. The zero-order valence-electron chi connectivity index (χ0n) is 20.4. The number of oxazole rings is 1. The van der Waals surface area contributed by atoms with Crippen LogP contribution < -0.4 is 10.2 Å². The van der Waals surface area contributed by atoms with E-state index in [0.29, 0.717) is 18.0 Å². The maximum Gasteiger partial charge on any atom is 0.416 e. The van der Waals surface area contributed by atoms with Crippen molar-refractivity contribution in [1.82, 2.24) is 20.1 Å². The van der Waals surface area contributed by atoms with Crippen LogP contribution in [0.15, 0.2) is 59.2 Å². The fourth-order valence-corrected chi connectivity index (χ4v) is 4.07. The van der Waals surface area contributed by atoms with Gasteiger partial charge in [0, 0.05) is 59.1 Å². The Labute approximate surface area is 208 Å². The van der Waals surface area contributed by atoms with Crippen molar-refractivity contribution in [1.29, 1.82) is 0 Å². The van der Waals surface area contributed by atoms with Crippen molar-refractivity contribution in [3.8, 4) is 0 Å². The monoisotopic (exact) mass is 501 g/mol. The zero-order valence-corrected chi connectivity index (χ0v) is 20.4. The van der Waals surface area contributed by atoms with E-state index in [1.54, 1.807) is 0 Å². The molecule has 2 heterocycles. The van der Waals surface area contributed by atoms with E-state index in [1.165, 1.54) is 29.6 Å². The fraction of sp³-hybridized carbons (Fsp3) is 0.385. The van der Waals surface area contributed by atoms with Crippen LogP contribution in [0.1, 0.15) is 33.1 Å². The molecule has 0 spiro atoms. The number of nitrogens with zero attached hydrogens (tertiary/aromatic N) is 4. The Kier molecular flexibility index (Phi) is 7.95. The van der Waals surface area contributed by atoms with Gasteiger partial charge in [0.25, 0.3) is 5.91 Å². The molecule has 7 nitrogen and oxygen atoms in total. The number of piperazine rings is 1. The van der Waals surface area contributed by atoms with Gasteiger partial charge in [0.2, 0.25) is 5.89 Å². The average molecular weight is 502 g/mol. The maximum atomic E-state index is 12.9. The van der Waals surface area contributed by atoms with Crippen LogP contribution in [0, 0.1) is 0 Å². The van der Waals surface area contributed by atoms with Gasteiger partial charge in [0.05, 0.1) is 12.1 Å². The molecule has 1 aliphatic heterocycles. The van der Waals surface area contributed by atoms with Crippen LogP contribution in [0.5, 0.6) is 0 Å². The summed E-state index contributed by atoms with van der Waals surface area (Å²) in [5.74, 6) is -0.0561. The Hall–Kier alpha value is -3.37. The molecule has 36 heavy (non-hydrogen) atoms. The summed E-state index contributed by atoms with van der Waals surface area (Å²) in [5.41, 5.74) is 2.17. The van der Waals surface area contributed by atoms with Gasteiger partial charge in [-0.3, -0.25) is 14.6 Å². The van der Waals surface area contributed by atoms with E-state index in [2.05, 4.69) is 49.3 Å². The number of amides is 1. The van der Waals surface area contributed by atoms with Gasteiger partial charge < -0.3 is 14.6 Å².